The van der Waals surface area contributed by atoms with Gasteiger partial charge in [-0.05, 0) is 18.2 Å². The molecule has 1 aliphatic carbocycles. The second-order valence-electron chi connectivity index (χ2n) is 4.54. The third-order valence-corrected chi connectivity index (χ3v) is 3.25. The Morgan fingerprint density at radius 2 is 1.81 bits per heavy atom. The zero-order valence-corrected chi connectivity index (χ0v) is 10.8. The van der Waals surface area contributed by atoms with E-state index in [0.717, 1.165) is 6.08 Å². The van der Waals surface area contributed by atoms with Gasteiger partial charge in [-0.2, -0.15) is 5.26 Å². The number of ketones is 2. The van der Waals surface area contributed by atoms with E-state index in [0.29, 0.717) is 16.8 Å². The fourth-order valence-corrected chi connectivity index (χ4v) is 2.21. The van der Waals surface area contributed by atoms with Crippen LogP contribution in [0.25, 0.3) is 11.3 Å². The van der Waals surface area contributed by atoms with Crippen LogP contribution in [0, 0.1) is 11.3 Å². The number of Topliss-reactive ketones (excluding diaryl/α,β-unsaturated/α-hetero) is 1. The Bertz CT molecular complexity index is 860. The first-order valence-electron chi connectivity index (χ1n) is 6.18. The van der Waals surface area contributed by atoms with Gasteiger partial charge in [-0.1, -0.05) is 18.2 Å². The van der Waals surface area contributed by atoms with E-state index in [9.17, 15) is 9.59 Å². The first-order valence-corrected chi connectivity index (χ1v) is 6.18. The molecule has 0 radical (unpaired) electrons. The molecule has 5 heteroatoms. The molecule has 0 amide bonds. The molecule has 2 aromatic rings. The molecule has 100 valence electrons. The van der Waals surface area contributed by atoms with Gasteiger partial charge in [0.15, 0.2) is 5.78 Å². The quantitative estimate of drug-likeness (QED) is 0.856. The van der Waals surface area contributed by atoms with Crippen LogP contribution in [0.3, 0.4) is 0 Å². The summed E-state index contributed by atoms with van der Waals surface area (Å²) < 4.78 is 0. The summed E-state index contributed by atoms with van der Waals surface area (Å²) in [6.07, 6.45) is 1.11. The third-order valence-electron chi connectivity index (χ3n) is 3.25. The summed E-state index contributed by atoms with van der Waals surface area (Å²) in [4.78, 5) is 28.1. The molecule has 0 atom stereocenters. The maximum atomic E-state index is 12.0. The lowest BCUT2D eigenvalue weighted by Gasteiger charge is -2.13. The highest BCUT2D eigenvalue weighted by Gasteiger charge is 2.26. The van der Waals surface area contributed by atoms with Gasteiger partial charge in [-0.15, -0.1) is 0 Å². The van der Waals surface area contributed by atoms with E-state index in [2.05, 4.69) is 11.1 Å². The predicted octanol–water partition coefficient (Wildman–Crippen LogP) is 1.84. The maximum Gasteiger partial charge on any atom is 0.227 e. The molecule has 0 saturated heterocycles. The summed E-state index contributed by atoms with van der Waals surface area (Å²) in [5.74, 6) is -0.810. The molecular formula is C16H9N3O2. The Balaban J connectivity index is 2.20. The molecule has 5 nitrogen and oxygen atoms in total. The highest BCUT2D eigenvalue weighted by atomic mass is 16.1. The predicted molar refractivity (Wildman–Crippen MR) is 75.3 cm³/mol. The summed E-state index contributed by atoms with van der Waals surface area (Å²) in [6.45, 7) is 0. The lowest BCUT2D eigenvalue weighted by atomic mass is 9.96. The van der Waals surface area contributed by atoms with Gasteiger partial charge in [-0.25, -0.2) is 4.98 Å². The van der Waals surface area contributed by atoms with E-state index in [1.807, 2.05) is 0 Å². The van der Waals surface area contributed by atoms with Crippen molar-refractivity contribution in [1.82, 2.24) is 4.98 Å². The van der Waals surface area contributed by atoms with Crippen LogP contribution in [0.15, 0.2) is 48.2 Å². The molecule has 1 aliphatic rings. The number of allylic oxidation sites excluding steroid dienone is 2. The Morgan fingerprint density at radius 3 is 2.57 bits per heavy atom. The van der Waals surface area contributed by atoms with Crippen LogP contribution in [0.4, 0.5) is 0 Å². The van der Waals surface area contributed by atoms with Crippen molar-refractivity contribution in [3.8, 4) is 17.3 Å². The first-order chi connectivity index (χ1) is 10.1. The van der Waals surface area contributed by atoms with E-state index < -0.39 is 5.78 Å². The summed E-state index contributed by atoms with van der Waals surface area (Å²) >= 11 is 0. The average Bonchev–Trinajstić information content (AvgIpc) is 2.52. The Morgan fingerprint density at radius 1 is 1.05 bits per heavy atom. The highest BCUT2D eigenvalue weighted by Crippen LogP contribution is 2.25. The Hall–Kier alpha value is -3.26. The minimum atomic E-state index is -0.471. The van der Waals surface area contributed by atoms with Gasteiger partial charge in [0.1, 0.15) is 5.69 Å². The van der Waals surface area contributed by atoms with Gasteiger partial charge >= 0.3 is 0 Å². The Kier molecular flexibility index (Phi) is 2.85. The van der Waals surface area contributed by atoms with Crippen molar-refractivity contribution in [3.05, 3.63) is 65.0 Å². The van der Waals surface area contributed by atoms with E-state index in [1.54, 1.807) is 30.3 Å². The van der Waals surface area contributed by atoms with Gasteiger partial charge in [0.05, 0.1) is 28.6 Å². The number of nitrogens with zero attached hydrogens (tertiary/aromatic N) is 2. The van der Waals surface area contributed by atoms with Crippen molar-refractivity contribution in [1.29, 1.82) is 5.26 Å². The molecule has 0 spiro atoms. The lowest BCUT2D eigenvalue weighted by Crippen LogP contribution is -2.23. The fourth-order valence-electron chi connectivity index (χ4n) is 2.21. The number of aromatic nitrogens is 1. The molecule has 0 bridgehead atoms. The van der Waals surface area contributed by atoms with Crippen LogP contribution >= 0.6 is 0 Å². The zero-order valence-electron chi connectivity index (χ0n) is 10.8. The Labute approximate surface area is 120 Å². The van der Waals surface area contributed by atoms with E-state index >= 15 is 0 Å². The average molecular weight is 275 g/mol. The van der Waals surface area contributed by atoms with Crippen LogP contribution in [0.5, 0.6) is 0 Å². The summed E-state index contributed by atoms with van der Waals surface area (Å²) in [6, 6.07) is 12.2. The van der Waals surface area contributed by atoms with Crippen molar-refractivity contribution in [3.63, 3.8) is 0 Å². The number of carbonyl (C=O) groups excluding carboxylic acids is 2. The monoisotopic (exact) mass is 275 g/mol. The number of fused-ring (bicyclic) bond motifs is 1. The van der Waals surface area contributed by atoms with Crippen LogP contribution in [-0.4, -0.2) is 16.6 Å². The number of rotatable bonds is 1. The number of nitriles is 1. The van der Waals surface area contributed by atoms with Gasteiger partial charge in [0.25, 0.3) is 0 Å². The maximum absolute atomic E-state index is 12.0. The molecule has 1 aromatic heterocycles. The van der Waals surface area contributed by atoms with Crippen molar-refractivity contribution in [2.75, 3.05) is 0 Å². The van der Waals surface area contributed by atoms with Gasteiger partial charge < -0.3 is 5.73 Å². The third kappa shape index (κ3) is 1.99. The van der Waals surface area contributed by atoms with Crippen LogP contribution in [0.2, 0.25) is 0 Å². The largest absolute Gasteiger partial charge is 0.395 e. The second kappa shape index (κ2) is 4.69. The molecule has 3 rings (SSSR count). The van der Waals surface area contributed by atoms with Crippen LogP contribution in [0.1, 0.15) is 26.4 Å². The number of benzene rings is 1. The van der Waals surface area contributed by atoms with E-state index in [-0.39, 0.29) is 22.7 Å². The summed E-state index contributed by atoms with van der Waals surface area (Å²) in [7, 11) is 0. The minimum absolute atomic E-state index is 0.0326. The molecule has 0 fully saturated rings. The second-order valence-corrected chi connectivity index (χ2v) is 4.54. The number of hydrogen-bond acceptors (Lipinski definition) is 5. The van der Waals surface area contributed by atoms with Crippen molar-refractivity contribution < 1.29 is 9.59 Å². The van der Waals surface area contributed by atoms with Crippen molar-refractivity contribution in [2.24, 2.45) is 5.73 Å². The topological polar surface area (TPSA) is 96.8 Å². The molecule has 0 unspecified atom stereocenters. The first kappa shape index (κ1) is 12.8. The number of hydrogen-bond donors (Lipinski definition) is 1. The lowest BCUT2D eigenvalue weighted by molar-refractivity contribution is 0.0979. The summed E-state index contributed by atoms with van der Waals surface area (Å²) in [5, 5.41) is 9.13. The molecule has 1 aromatic carbocycles. The SMILES string of the molecule is N#Cc1ccccc1-c1ccc2c(n1)C(=O)C(N)=CC2=O. The van der Waals surface area contributed by atoms with Crippen molar-refractivity contribution >= 4 is 11.6 Å². The summed E-state index contributed by atoms with van der Waals surface area (Å²) in [5.41, 5.74) is 7.18. The van der Waals surface area contributed by atoms with E-state index in [4.69, 9.17) is 11.0 Å². The molecular weight excluding hydrogens is 266 g/mol. The molecule has 2 N–H and O–H groups in total. The van der Waals surface area contributed by atoms with Crippen molar-refractivity contribution in [2.45, 2.75) is 0 Å². The molecule has 1 heterocycles. The molecule has 21 heavy (non-hydrogen) atoms. The molecule has 0 aliphatic heterocycles. The zero-order chi connectivity index (χ0) is 15.0. The fraction of sp³-hybridized carbons (Fsp3) is 0. The number of carbonyl (C=O) groups is 2. The number of pyridine rings is 1. The number of nitrogens with two attached hydrogens (primary N) is 1. The van der Waals surface area contributed by atoms with Crippen LogP contribution in [-0.2, 0) is 0 Å². The highest BCUT2D eigenvalue weighted by molar-refractivity contribution is 6.23. The molecule has 0 saturated carbocycles. The van der Waals surface area contributed by atoms with E-state index in [1.165, 1.54) is 6.07 Å². The van der Waals surface area contributed by atoms with Gasteiger partial charge in [0.2, 0.25) is 5.78 Å². The minimum Gasteiger partial charge on any atom is -0.395 e. The van der Waals surface area contributed by atoms with Gasteiger partial charge in [0, 0.05) is 11.6 Å². The smallest absolute Gasteiger partial charge is 0.227 e. The van der Waals surface area contributed by atoms with Crippen LogP contribution < -0.4 is 5.73 Å². The van der Waals surface area contributed by atoms with Gasteiger partial charge in [-0.3, -0.25) is 9.59 Å². The standard InChI is InChI=1S/C16H9N3O2/c17-8-9-3-1-2-4-10(9)13-6-5-11-14(20)7-12(18)16(21)15(11)19-13/h1-7H,18H2. The normalized spacial score (nSPS) is 13.4.